The number of nitrogens with zero attached hydrogens (tertiary/aromatic N) is 5. The van der Waals surface area contributed by atoms with Crippen LogP contribution in [0.15, 0.2) is 42.6 Å². The fourth-order valence-electron chi connectivity index (χ4n) is 3.68. The summed E-state index contributed by atoms with van der Waals surface area (Å²) in [7, 11) is 0. The first-order chi connectivity index (χ1) is 16.1. The van der Waals surface area contributed by atoms with Gasteiger partial charge in [0.2, 0.25) is 0 Å². The van der Waals surface area contributed by atoms with E-state index in [2.05, 4.69) is 21.4 Å². The number of rotatable bonds is 5. The number of hydrogen-bond donors (Lipinski definition) is 2. The number of amides is 1. The van der Waals surface area contributed by atoms with E-state index in [9.17, 15) is 15.2 Å². The van der Waals surface area contributed by atoms with Crippen LogP contribution < -0.4 is 5.32 Å². The van der Waals surface area contributed by atoms with Crippen LogP contribution in [0.1, 0.15) is 41.2 Å². The second-order valence-electron chi connectivity index (χ2n) is 8.71. The third-order valence-electron chi connectivity index (χ3n) is 5.32. The van der Waals surface area contributed by atoms with Crippen LogP contribution in [0, 0.1) is 25.2 Å². The summed E-state index contributed by atoms with van der Waals surface area (Å²) in [5, 5.41) is 27.2. The molecule has 0 aliphatic rings. The lowest BCUT2D eigenvalue weighted by atomic mass is 9.96. The van der Waals surface area contributed by atoms with Crippen molar-refractivity contribution >= 4 is 23.2 Å². The van der Waals surface area contributed by atoms with Crippen molar-refractivity contribution in [1.29, 1.82) is 5.26 Å². The zero-order valence-corrected chi connectivity index (χ0v) is 20.0. The van der Waals surface area contributed by atoms with E-state index in [0.717, 1.165) is 22.4 Å². The van der Waals surface area contributed by atoms with Crippen LogP contribution in [0.4, 0.5) is 0 Å². The minimum Gasteiger partial charge on any atom is -0.389 e. The number of hydrogen-bond acceptors (Lipinski definition) is 6. The molecule has 4 aromatic rings. The molecule has 9 heteroatoms. The number of pyridine rings is 1. The molecule has 0 bridgehead atoms. The maximum atomic E-state index is 12.7. The first kappa shape index (κ1) is 23.4. The third kappa shape index (κ3) is 4.62. The summed E-state index contributed by atoms with van der Waals surface area (Å²) in [6, 6.07) is 12.8. The summed E-state index contributed by atoms with van der Waals surface area (Å²) < 4.78 is 1.60. The van der Waals surface area contributed by atoms with Gasteiger partial charge in [-0.05, 0) is 63.1 Å². The fraction of sp³-hybridized carbons (Fsp3) is 0.240. The molecule has 172 valence electrons. The van der Waals surface area contributed by atoms with E-state index in [-0.39, 0.29) is 12.2 Å². The Morgan fingerprint density at radius 3 is 2.68 bits per heavy atom. The van der Waals surface area contributed by atoms with Gasteiger partial charge in [0.05, 0.1) is 22.8 Å². The molecule has 3 aromatic heterocycles. The number of nitrogens with one attached hydrogen (secondary N) is 1. The van der Waals surface area contributed by atoms with Gasteiger partial charge in [0, 0.05) is 24.0 Å². The molecule has 0 saturated heterocycles. The SMILES string of the molecule is Cc1cc(-c2c(-c3cccc(C#N)c3C)nn3ccc(C(=O)NCC(C)(C)O)nc23)cc(Cl)n1. The summed E-state index contributed by atoms with van der Waals surface area (Å²) in [5.41, 5.74) is 4.43. The molecule has 34 heavy (non-hydrogen) atoms. The largest absolute Gasteiger partial charge is 0.389 e. The Morgan fingerprint density at radius 2 is 2.00 bits per heavy atom. The van der Waals surface area contributed by atoms with Crippen molar-refractivity contribution in [3.8, 4) is 28.5 Å². The van der Waals surface area contributed by atoms with Gasteiger partial charge in [-0.25, -0.2) is 14.5 Å². The number of halogens is 1. The van der Waals surface area contributed by atoms with Crippen molar-refractivity contribution in [3.05, 3.63) is 70.3 Å². The van der Waals surface area contributed by atoms with Crippen molar-refractivity contribution in [3.63, 3.8) is 0 Å². The van der Waals surface area contributed by atoms with Crippen molar-refractivity contribution in [2.45, 2.75) is 33.3 Å². The van der Waals surface area contributed by atoms with E-state index in [0.29, 0.717) is 27.6 Å². The molecule has 0 aliphatic carbocycles. The number of fused-ring (bicyclic) bond motifs is 1. The van der Waals surface area contributed by atoms with E-state index < -0.39 is 11.5 Å². The van der Waals surface area contributed by atoms with Gasteiger partial charge in [-0.15, -0.1) is 0 Å². The highest BCUT2D eigenvalue weighted by atomic mass is 35.5. The fourth-order valence-corrected chi connectivity index (χ4v) is 3.93. The second kappa shape index (κ2) is 8.86. The van der Waals surface area contributed by atoms with Crippen LogP contribution in [0.3, 0.4) is 0 Å². The van der Waals surface area contributed by atoms with E-state index in [1.165, 1.54) is 0 Å². The van der Waals surface area contributed by atoms with Gasteiger partial charge in [-0.2, -0.15) is 10.4 Å². The maximum Gasteiger partial charge on any atom is 0.270 e. The first-order valence-corrected chi connectivity index (χ1v) is 11.0. The van der Waals surface area contributed by atoms with Gasteiger partial charge in [-0.1, -0.05) is 23.7 Å². The highest BCUT2D eigenvalue weighted by Crippen LogP contribution is 2.37. The number of nitriles is 1. The third-order valence-corrected chi connectivity index (χ3v) is 5.51. The standard InChI is InChI=1S/C25H23ClN6O2/c1-14-10-17(11-20(26)29-14)21-22(18-7-5-6-16(12-27)15(18)2)31-32-9-8-19(30-23(21)32)24(33)28-13-25(3,4)34/h5-11,34H,13H2,1-4H3,(H,28,33). The Morgan fingerprint density at radius 1 is 1.24 bits per heavy atom. The molecule has 4 rings (SSSR count). The summed E-state index contributed by atoms with van der Waals surface area (Å²) in [5.74, 6) is -0.412. The number of carbonyl (C=O) groups is 1. The Labute approximate surface area is 201 Å². The predicted octanol–water partition coefficient (Wildman–Crippen LogP) is 4.10. The minimum atomic E-state index is -1.05. The first-order valence-electron chi connectivity index (χ1n) is 10.6. The topological polar surface area (TPSA) is 116 Å². The highest BCUT2D eigenvalue weighted by Gasteiger charge is 2.22. The van der Waals surface area contributed by atoms with Crippen LogP contribution in [0.2, 0.25) is 5.15 Å². The summed E-state index contributed by atoms with van der Waals surface area (Å²) in [6.07, 6.45) is 1.66. The van der Waals surface area contributed by atoms with Gasteiger partial charge < -0.3 is 10.4 Å². The lowest BCUT2D eigenvalue weighted by Crippen LogP contribution is -2.38. The monoisotopic (exact) mass is 474 g/mol. The van der Waals surface area contributed by atoms with Crippen LogP contribution in [0.5, 0.6) is 0 Å². The molecule has 0 aliphatic heterocycles. The van der Waals surface area contributed by atoms with Gasteiger partial charge >= 0.3 is 0 Å². The van der Waals surface area contributed by atoms with Crippen LogP contribution in [0.25, 0.3) is 28.0 Å². The van der Waals surface area contributed by atoms with Crippen molar-refractivity contribution in [2.75, 3.05) is 6.54 Å². The minimum absolute atomic E-state index is 0.0787. The Balaban J connectivity index is 1.96. The van der Waals surface area contributed by atoms with E-state index in [4.69, 9.17) is 16.7 Å². The number of carbonyl (C=O) groups excluding carboxylic acids is 1. The smallest absolute Gasteiger partial charge is 0.270 e. The van der Waals surface area contributed by atoms with Crippen LogP contribution >= 0.6 is 11.6 Å². The average molecular weight is 475 g/mol. The quantitative estimate of drug-likeness (QED) is 0.420. The molecule has 2 N–H and O–H groups in total. The molecule has 1 amide bonds. The molecule has 0 saturated carbocycles. The molecule has 3 heterocycles. The summed E-state index contributed by atoms with van der Waals surface area (Å²) in [6.45, 7) is 7.01. The molecule has 0 radical (unpaired) electrons. The number of benzene rings is 1. The molecular formula is C25H23ClN6O2. The summed E-state index contributed by atoms with van der Waals surface area (Å²) >= 11 is 6.27. The predicted molar refractivity (Wildman–Crippen MR) is 129 cm³/mol. The Kier molecular flexibility index (Phi) is 6.09. The lowest BCUT2D eigenvalue weighted by molar-refractivity contribution is 0.0692. The van der Waals surface area contributed by atoms with Crippen LogP contribution in [-0.4, -0.2) is 42.7 Å². The maximum absolute atomic E-state index is 12.7. The number of aromatic nitrogens is 4. The molecule has 0 atom stereocenters. The molecular weight excluding hydrogens is 452 g/mol. The Bertz CT molecular complexity index is 1440. The molecule has 8 nitrogen and oxygen atoms in total. The molecule has 0 unspecified atom stereocenters. The molecule has 1 aromatic carbocycles. The number of aliphatic hydroxyl groups is 1. The van der Waals surface area contributed by atoms with Crippen molar-refractivity contribution in [2.24, 2.45) is 0 Å². The van der Waals surface area contributed by atoms with Gasteiger partial charge in [0.15, 0.2) is 5.65 Å². The summed E-state index contributed by atoms with van der Waals surface area (Å²) in [4.78, 5) is 21.6. The van der Waals surface area contributed by atoms with Gasteiger partial charge in [-0.3, -0.25) is 4.79 Å². The van der Waals surface area contributed by atoms with Gasteiger partial charge in [0.25, 0.3) is 5.91 Å². The average Bonchev–Trinajstić information content (AvgIpc) is 3.15. The van der Waals surface area contributed by atoms with E-state index in [1.807, 2.05) is 32.0 Å². The van der Waals surface area contributed by atoms with Crippen LogP contribution in [-0.2, 0) is 0 Å². The van der Waals surface area contributed by atoms with E-state index in [1.54, 1.807) is 42.8 Å². The van der Waals surface area contributed by atoms with E-state index >= 15 is 0 Å². The highest BCUT2D eigenvalue weighted by molar-refractivity contribution is 6.29. The molecule has 0 fully saturated rings. The molecule has 0 spiro atoms. The second-order valence-corrected chi connectivity index (χ2v) is 9.10. The lowest BCUT2D eigenvalue weighted by Gasteiger charge is -2.17. The van der Waals surface area contributed by atoms with Crippen molar-refractivity contribution in [1.82, 2.24) is 24.9 Å². The normalized spacial score (nSPS) is 11.4. The zero-order chi connectivity index (χ0) is 24.6. The zero-order valence-electron chi connectivity index (χ0n) is 19.2. The Hall–Kier alpha value is -3.80. The van der Waals surface area contributed by atoms with Crippen molar-refractivity contribution < 1.29 is 9.90 Å². The van der Waals surface area contributed by atoms with Gasteiger partial charge in [0.1, 0.15) is 16.5 Å². The number of aryl methyl sites for hydroxylation is 1.